The van der Waals surface area contributed by atoms with Gasteiger partial charge in [0.2, 0.25) is 11.8 Å². The molecular formula is C16H23N3O3. The van der Waals surface area contributed by atoms with Crippen LogP contribution in [0.5, 0.6) is 5.88 Å². The van der Waals surface area contributed by atoms with Gasteiger partial charge in [0, 0.05) is 45.0 Å². The van der Waals surface area contributed by atoms with Gasteiger partial charge in [0.25, 0.3) is 0 Å². The van der Waals surface area contributed by atoms with E-state index in [0.717, 1.165) is 38.0 Å². The fraction of sp³-hybridized carbons (Fsp3) is 0.625. The molecule has 3 heterocycles. The maximum atomic E-state index is 12.4. The quantitative estimate of drug-likeness (QED) is 0.892. The van der Waals surface area contributed by atoms with E-state index in [1.54, 1.807) is 20.4 Å². The predicted octanol–water partition coefficient (Wildman–Crippen LogP) is 0.817. The minimum absolute atomic E-state index is 0.0412. The molecule has 0 aliphatic carbocycles. The van der Waals surface area contributed by atoms with Crippen LogP contribution in [0.4, 0.5) is 0 Å². The van der Waals surface area contributed by atoms with E-state index in [-0.39, 0.29) is 12.0 Å². The first-order chi connectivity index (χ1) is 10.7. The summed E-state index contributed by atoms with van der Waals surface area (Å²) in [7, 11) is 3.34. The molecule has 1 aromatic heterocycles. The average molecular weight is 305 g/mol. The van der Waals surface area contributed by atoms with Crippen LogP contribution in [0.15, 0.2) is 18.3 Å². The largest absolute Gasteiger partial charge is 0.481 e. The molecule has 0 bridgehead atoms. The molecule has 3 rings (SSSR count). The highest BCUT2D eigenvalue weighted by molar-refractivity contribution is 5.83. The Kier molecular flexibility index (Phi) is 4.31. The van der Waals surface area contributed by atoms with Crippen LogP contribution in [-0.2, 0) is 16.1 Å². The topological polar surface area (TPSA) is 63.7 Å². The Morgan fingerprint density at radius 3 is 3.27 bits per heavy atom. The second-order valence-corrected chi connectivity index (χ2v) is 6.02. The molecule has 1 amide bonds. The number of nitrogens with one attached hydrogen (secondary N) is 1. The number of methoxy groups -OCH3 is 1. The number of pyridine rings is 1. The molecular weight excluding hydrogens is 282 g/mol. The molecule has 0 saturated carbocycles. The Bertz CT molecular complexity index is 551. The average Bonchev–Trinajstić information content (AvgIpc) is 2.99. The van der Waals surface area contributed by atoms with E-state index in [0.29, 0.717) is 12.5 Å². The van der Waals surface area contributed by atoms with Crippen molar-refractivity contribution in [3.05, 3.63) is 23.9 Å². The van der Waals surface area contributed by atoms with Crippen molar-refractivity contribution in [2.24, 2.45) is 5.41 Å². The van der Waals surface area contributed by atoms with Crippen molar-refractivity contribution >= 4 is 5.91 Å². The van der Waals surface area contributed by atoms with Crippen LogP contribution >= 0.6 is 0 Å². The van der Waals surface area contributed by atoms with Crippen LogP contribution in [0.2, 0.25) is 0 Å². The third-order valence-electron chi connectivity index (χ3n) is 4.81. The van der Waals surface area contributed by atoms with E-state index in [9.17, 15) is 4.79 Å². The number of ether oxygens (including phenoxy) is 2. The molecule has 0 aromatic carbocycles. The smallest absolute Gasteiger partial charge is 0.229 e. The van der Waals surface area contributed by atoms with Crippen molar-refractivity contribution in [1.82, 2.24) is 15.2 Å². The van der Waals surface area contributed by atoms with Gasteiger partial charge in [0.05, 0.1) is 18.6 Å². The zero-order valence-corrected chi connectivity index (χ0v) is 13.2. The number of piperidine rings is 1. The number of carbonyl (C=O) groups is 1. The summed E-state index contributed by atoms with van der Waals surface area (Å²) < 4.78 is 11.1. The van der Waals surface area contributed by atoms with Crippen molar-refractivity contribution in [3.63, 3.8) is 0 Å². The van der Waals surface area contributed by atoms with Gasteiger partial charge in [0.15, 0.2) is 0 Å². The molecule has 22 heavy (non-hydrogen) atoms. The number of rotatable bonds is 4. The molecule has 120 valence electrons. The molecule has 0 spiro atoms. The lowest BCUT2D eigenvalue weighted by molar-refractivity contribution is -0.139. The summed E-state index contributed by atoms with van der Waals surface area (Å²) in [6.07, 6.45) is 3.44. The summed E-state index contributed by atoms with van der Waals surface area (Å²) >= 11 is 0. The minimum atomic E-state index is -0.414. The second kappa shape index (κ2) is 6.22. The van der Waals surface area contributed by atoms with Crippen LogP contribution in [0.25, 0.3) is 0 Å². The molecule has 6 nitrogen and oxygen atoms in total. The van der Waals surface area contributed by atoms with E-state index in [4.69, 9.17) is 9.47 Å². The van der Waals surface area contributed by atoms with Crippen LogP contribution < -0.4 is 10.1 Å². The molecule has 2 fully saturated rings. The van der Waals surface area contributed by atoms with Crippen LogP contribution in [0, 0.1) is 5.41 Å². The number of carbonyl (C=O) groups excluding carboxylic acids is 1. The van der Waals surface area contributed by atoms with Crippen molar-refractivity contribution in [2.75, 3.05) is 33.9 Å². The number of aromatic nitrogens is 1. The normalized spacial score (nSPS) is 28.2. The highest BCUT2D eigenvalue weighted by atomic mass is 16.5. The number of amides is 1. The van der Waals surface area contributed by atoms with Crippen LogP contribution in [0.3, 0.4) is 0 Å². The van der Waals surface area contributed by atoms with E-state index in [2.05, 4.69) is 15.2 Å². The molecule has 2 aliphatic rings. The zero-order chi connectivity index (χ0) is 15.6. The third-order valence-corrected chi connectivity index (χ3v) is 4.81. The fourth-order valence-corrected chi connectivity index (χ4v) is 3.71. The Labute approximate surface area is 130 Å². The molecule has 2 aliphatic heterocycles. The van der Waals surface area contributed by atoms with E-state index >= 15 is 0 Å². The van der Waals surface area contributed by atoms with Gasteiger partial charge in [0.1, 0.15) is 0 Å². The number of nitrogens with zero attached hydrogens (tertiary/aromatic N) is 2. The van der Waals surface area contributed by atoms with Gasteiger partial charge in [-0.1, -0.05) is 6.07 Å². The van der Waals surface area contributed by atoms with Crippen LogP contribution in [-0.4, -0.2) is 55.7 Å². The first-order valence-electron chi connectivity index (χ1n) is 7.73. The predicted molar refractivity (Wildman–Crippen MR) is 81.5 cm³/mol. The van der Waals surface area contributed by atoms with Gasteiger partial charge in [-0.2, -0.15) is 0 Å². The van der Waals surface area contributed by atoms with Crippen molar-refractivity contribution in [1.29, 1.82) is 0 Å². The summed E-state index contributed by atoms with van der Waals surface area (Å²) in [5.74, 6) is 0.749. The summed E-state index contributed by atoms with van der Waals surface area (Å²) in [6, 6.07) is 3.94. The number of likely N-dealkylation sites (tertiary alicyclic amines) is 1. The number of hydrogen-bond donors (Lipinski definition) is 1. The Morgan fingerprint density at radius 2 is 2.50 bits per heavy atom. The first-order valence-corrected chi connectivity index (χ1v) is 7.73. The summed E-state index contributed by atoms with van der Waals surface area (Å²) in [6.45, 7) is 3.04. The number of hydrogen-bond acceptors (Lipinski definition) is 5. The van der Waals surface area contributed by atoms with E-state index in [1.165, 1.54) is 0 Å². The minimum Gasteiger partial charge on any atom is -0.481 e. The standard InChI is InChI=1S/C16H23N3O3/c1-17-15(20)16-6-9-22-13(16)5-8-19(11-16)10-12-4-3-7-18-14(12)21-2/h3-4,7,13H,5-6,8-11H2,1-2H3,(H,17,20)/t13-,16-/m1/s1. The Balaban J connectivity index is 1.78. The van der Waals surface area contributed by atoms with Crippen molar-refractivity contribution < 1.29 is 14.3 Å². The molecule has 0 unspecified atom stereocenters. The summed E-state index contributed by atoms with van der Waals surface area (Å²) in [4.78, 5) is 19.0. The maximum absolute atomic E-state index is 12.4. The van der Waals surface area contributed by atoms with E-state index < -0.39 is 5.41 Å². The Hall–Kier alpha value is -1.66. The number of fused-ring (bicyclic) bond motifs is 1. The lowest BCUT2D eigenvalue weighted by atomic mass is 9.75. The zero-order valence-electron chi connectivity index (χ0n) is 13.2. The van der Waals surface area contributed by atoms with Gasteiger partial charge in [-0.15, -0.1) is 0 Å². The van der Waals surface area contributed by atoms with Crippen molar-refractivity contribution in [2.45, 2.75) is 25.5 Å². The summed E-state index contributed by atoms with van der Waals surface area (Å²) in [5, 5.41) is 2.82. The lowest BCUT2D eigenvalue weighted by Crippen LogP contribution is -2.56. The summed E-state index contributed by atoms with van der Waals surface area (Å²) in [5.41, 5.74) is 0.636. The lowest BCUT2D eigenvalue weighted by Gasteiger charge is -2.42. The fourth-order valence-electron chi connectivity index (χ4n) is 3.71. The molecule has 2 saturated heterocycles. The second-order valence-electron chi connectivity index (χ2n) is 6.02. The SMILES string of the molecule is CNC(=O)[C@@]12CCO[C@@H]1CCN(Cc1cccnc1OC)C2. The maximum Gasteiger partial charge on any atom is 0.229 e. The highest BCUT2D eigenvalue weighted by Crippen LogP contribution is 2.41. The van der Waals surface area contributed by atoms with Crippen LogP contribution in [0.1, 0.15) is 18.4 Å². The highest BCUT2D eigenvalue weighted by Gasteiger charge is 2.52. The Morgan fingerprint density at radius 1 is 1.64 bits per heavy atom. The van der Waals surface area contributed by atoms with Gasteiger partial charge in [-0.3, -0.25) is 9.69 Å². The van der Waals surface area contributed by atoms with Gasteiger partial charge in [-0.05, 0) is 18.9 Å². The first kappa shape index (κ1) is 15.2. The molecule has 1 N–H and O–H groups in total. The third kappa shape index (κ3) is 2.57. The monoisotopic (exact) mass is 305 g/mol. The van der Waals surface area contributed by atoms with Gasteiger partial charge < -0.3 is 14.8 Å². The van der Waals surface area contributed by atoms with E-state index in [1.807, 2.05) is 12.1 Å². The molecule has 6 heteroatoms. The van der Waals surface area contributed by atoms with Crippen molar-refractivity contribution in [3.8, 4) is 5.88 Å². The molecule has 1 aromatic rings. The molecule has 0 radical (unpaired) electrons. The molecule has 2 atom stereocenters. The van der Waals surface area contributed by atoms with Gasteiger partial charge in [-0.25, -0.2) is 4.98 Å². The van der Waals surface area contributed by atoms with Gasteiger partial charge >= 0.3 is 0 Å².